The Morgan fingerprint density at radius 1 is 1.00 bits per heavy atom. The highest BCUT2D eigenvalue weighted by Gasteiger charge is 2.12. The van der Waals surface area contributed by atoms with Crippen molar-refractivity contribution >= 4 is 61.8 Å². The summed E-state index contributed by atoms with van der Waals surface area (Å²) in [5.74, 6) is 0. The Hall–Kier alpha value is -0.740. The lowest BCUT2D eigenvalue weighted by Gasteiger charge is -2.08. The number of aromatic nitrogens is 2. The van der Waals surface area contributed by atoms with E-state index in [0.717, 1.165) is 21.6 Å². The SMILES string of the molecule is Clc1cc2nc(Br)n(Cc3ccccc3Cl)c2cc1Cl. The van der Waals surface area contributed by atoms with Crippen molar-refractivity contribution in [3.63, 3.8) is 0 Å². The maximum Gasteiger partial charge on any atom is 0.178 e. The minimum absolute atomic E-state index is 0.495. The average Bonchev–Trinajstić information content (AvgIpc) is 2.69. The lowest BCUT2D eigenvalue weighted by Crippen LogP contribution is -2.00. The van der Waals surface area contributed by atoms with Crippen LogP contribution in [0, 0.1) is 0 Å². The molecule has 0 saturated carbocycles. The van der Waals surface area contributed by atoms with Gasteiger partial charge in [0.25, 0.3) is 0 Å². The summed E-state index contributed by atoms with van der Waals surface area (Å²) in [5.41, 5.74) is 2.71. The maximum atomic E-state index is 6.20. The van der Waals surface area contributed by atoms with E-state index in [1.54, 1.807) is 6.07 Å². The van der Waals surface area contributed by atoms with Gasteiger partial charge in [-0.05, 0) is 39.7 Å². The molecule has 2 aromatic carbocycles. The van der Waals surface area contributed by atoms with E-state index in [4.69, 9.17) is 34.8 Å². The van der Waals surface area contributed by atoms with E-state index in [9.17, 15) is 0 Å². The molecule has 6 heteroatoms. The van der Waals surface area contributed by atoms with Gasteiger partial charge in [-0.1, -0.05) is 53.0 Å². The van der Waals surface area contributed by atoms with Gasteiger partial charge in [0.2, 0.25) is 0 Å². The van der Waals surface area contributed by atoms with Crippen LogP contribution in [0.5, 0.6) is 0 Å². The minimum atomic E-state index is 0.495. The first-order valence-corrected chi connectivity index (χ1v) is 7.73. The summed E-state index contributed by atoms with van der Waals surface area (Å²) in [6.45, 7) is 0.606. The van der Waals surface area contributed by atoms with Crippen molar-refractivity contribution < 1.29 is 0 Å². The number of fused-ring (bicyclic) bond motifs is 1. The Labute approximate surface area is 139 Å². The smallest absolute Gasteiger partial charge is 0.178 e. The molecule has 0 amide bonds. The van der Waals surface area contributed by atoms with E-state index in [1.807, 2.05) is 34.9 Å². The Kier molecular flexibility index (Phi) is 3.95. The summed E-state index contributed by atoms with van der Waals surface area (Å²) in [7, 11) is 0. The molecule has 0 bridgehead atoms. The molecule has 1 aromatic heterocycles. The second-order valence-electron chi connectivity index (χ2n) is 4.31. The van der Waals surface area contributed by atoms with Crippen molar-refractivity contribution in [1.82, 2.24) is 9.55 Å². The summed E-state index contributed by atoms with van der Waals surface area (Å²) >= 11 is 21.8. The zero-order valence-electron chi connectivity index (χ0n) is 10.1. The second-order valence-corrected chi connectivity index (χ2v) is 6.24. The van der Waals surface area contributed by atoms with Gasteiger partial charge < -0.3 is 4.57 Å². The fourth-order valence-electron chi connectivity index (χ4n) is 2.04. The minimum Gasteiger partial charge on any atom is -0.314 e. The molecule has 0 aliphatic heterocycles. The number of hydrogen-bond donors (Lipinski definition) is 0. The summed E-state index contributed by atoms with van der Waals surface area (Å²) in [5, 5.41) is 1.72. The first-order valence-electron chi connectivity index (χ1n) is 5.80. The molecule has 1 heterocycles. The van der Waals surface area contributed by atoms with Gasteiger partial charge >= 0.3 is 0 Å². The maximum absolute atomic E-state index is 6.20. The molecule has 0 saturated heterocycles. The van der Waals surface area contributed by atoms with Crippen molar-refractivity contribution in [3.05, 3.63) is 61.8 Å². The normalized spacial score (nSPS) is 11.2. The van der Waals surface area contributed by atoms with Crippen LogP contribution in [0.4, 0.5) is 0 Å². The highest BCUT2D eigenvalue weighted by atomic mass is 79.9. The number of benzene rings is 2. The molecule has 0 aliphatic rings. The fraction of sp³-hybridized carbons (Fsp3) is 0.0714. The van der Waals surface area contributed by atoms with Crippen LogP contribution < -0.4 is 0 Å². The summed E-state index contributed by atoms with van der Waals surface area (Å²) in [6.07, 6.45) is 0. The predicted molar refractivity (Wildman–Crippen MR) is 88.0 cm³/mol. The third kappa shape index (κ3) is 2.56. The van der Waals surface area contributed by atoms with Crippen LogP contribution in [0.25, 0.3) is 11.0 Å². The van der Waals surface area contributed by atoms with Crippen LogP contribution in [0.2, 0.25) is 15.1 Å². The number of nitrogens with zero attached hydrogens (tertiary/aromatic N) is 2. The lowest BCUT2D eigenvalue weighted by molar-refractivity contribution is 0.801. The molecular formula is C14H8BrCl3N2. The van der Waals surface area contributed by atoms with Crippen LogP contribution >= 0.6 is 50.7 Å². The van der Waals surface area contributed by atoms with E-state index in [0.29, 0.717) is 21.3 Å². The third-order valence-electron chi connectivity index (χ3n) is 3.03. The van der Waals surface area contributed by atoms with Gasteiger partial charge in [-0.15, -0.1) is 0 Å². The van der Waals surface area contributed by atoms with E-state index in [2.05, 4.69) is 20.9 Å². The van der Waals surface area contributed by atoms with Gasteiger partial charge in [0, 0.05) is 5.02 Å². The molecule has 3 aromatic rings. The van der Waals surface area contributed by atoms with Crippen molar-refractivity contribution in [2.45, 2.75) is 6.54 Å². The van der Waals surface area contributed by atoms with Crippen LogP contribution in [0.15, 0.2) is 41.1 Å². The van der Waals surface area contributed by atoms with E-state index in [-0.39, 0.29) is 0 Å². The molecule has 0 fully saturated rings. The zero-order chi connectivity index (χ0) is 14.3. The molecule has 0 atom stereocenters. The second kappa shape index (κ2) is 5.57. The monoisotopic (exact) mass is 388 g/mol. The van der Waals surface area contributed by atoms with Gasteiger partial charge in [0.05, 0.1) is 27.6 Å². The lowest BCUT2D eigenvalue weighted by atomic mass is 10.2. The van der Waals surface area contributed by atoms with Crippen LogP contribution in [0.3, 0.4) is 0 Å². The molecule has 0 N–H and O–H groups in total. The molecular weight excluding hydrogens is 382 g/mol. The van der Waals surface area contributed by atoms with Crippen molar-refractivity contribution in [3.8, 4) is 0 Å². The number of halogens is 4. The van der Waals surface area contributed by atoms with Crippen molar-refractivity contribution in [2.24, 2.45) is 0 Å². The quantitative estimate of drug-likeness (QED) is 0.540. The topological polar surface area (TPSA) is 17.8 Å². The molecule has 20 heavy (non-hydrogen) atoms. The van der Waals surface area contributed by atoms with E-state index in [1.165, 1.54) is 0 Å². The molecule has 0 radical (unpaired) electrons. The highest BCUT2D eigenvalue weighted by molar-refractivity contribution is 9.10. The van der Waals surface area contributed by atoms with E-state index >= 15 is 0 Å². The molecule has 0 unspecified atom stereocenters. The number of rotatable bonds is 2. The first-order chi connectivity index (χ1) is 9.56. The Morgan fingerprint density at radius 2 is 1.70 bits per heavy atom. The first kappa shape index (κ1) is 14.2. The highest BCUT2D eigenvalue weighted by Crippen LogP contribution is 2.30. The summed E-state index contributed by atoms with van der Waals surface area (Å²) in [4.78, 5) is 4.43. The number of imidazole rings is 1. The summed E-state index contributed by atoms with van der Waals surface area (Å²) < 4.78 is 2.71. The van der Waals surface area contributed by atoms with E-state index < -0.39 is 0 Å². The molecule has 0 aliphatic carbocycles. The standard InChI is InChI=1S/C14H8BrCl3N2/c15-14-19-12-5-10(17)11(18)6-13(12)20(14)7-8-3-1-2-4-9(8)16/h1-6H,7H2. The van der Waals surface area contributed by atoms with Gasteiger partial charge in [-0.25, -0.2) is 4.98 Å². The molecule has 2 nitrogen and oxygen atoms in total. The van der Waals surface area contributed by atoms with Gasteiger partial charge in [-0.3, -0.25) is 0 Å². The van der Waals surface area contributed by atoms with Crippen LogP contribution in [0.1, 0.15) is 5.56 Å². The summed E-state index contributed by atoms with van der Waals surface area (Å²) in [6, 6.07) is 11.3. The zero-order valence-corrected chi connectivity index (χ0v) is 13.9. The Balaban J connectivity index is 2.14. The van der Waals surface area contributed by atoms with Gasteiger partial charge in [0.1, 0.15) is 0 Å². The fourth-order valence-corrected chi connectivity index (χ4v) is 3.06. The molecule has 0 spiro atoms. The van der Waals surface area contributed by atoms with Crippen LogP contribution in [-0.4, -0.2) is 9.55 Å². The molecule has 102 valence electrons. The Bertz CT molecular complexity index is 798. The molecule has 3 rings (SSSR count). The average molecular weight is 390 g/mol. The third-order valence-corrected chi connectivity index (χ3v) is 4.73. The van der Waals surface area contributed by atoms with Crippen molar-refractivity contribution in [1.29, 1.82) is 0 Å². The Morgan fingerprint density at radius 3 is 2.45 bits per heavy atom. The van der Waals surface area contributed by atoms with Crippen molar-refractivity contribution in [2.75, 3.05) is 0 Å². The largest absolute Gasteiger partial charge is 0.314 e. The van der Waals surface area contributed by atoms with Gasteiger partial charge in [0.15, 0.2) is 4.73 Å². The predicted octanol–water partition coefficient (Wildman–Crippen LogP) is 5.81. The van der Waals surface area contributed by atoms with Gasteiger partial charge in [-0.2, -0.15) is 0 Å². The number of hydrogen-bond acceptors (Lipinski definition) is 1. The van der Waals surface area contributed by atoms with Crippen LogP contribution in [-0.2, 0) is 6.54 Å².